The van der Waals surface area contributed by atoms with Crippen LogP contribution in [0.4, 0.5) is 17.1 Å². The maximum Gasteiger partial charge on any atom is 0.0713 e. The van der Waals surface area contributed by atoms with Crippen molar-refractivity contribution >= 4 is 17.1 Å². The molecule has 2 atom stereocenters. The number of fused-ring (bicyclic) bond motifs is 3. The van der Waals surface area contributed by atoms with Crippen LogP contribution in [0.5, 0.6) is 0 Å². The van der Waals surface area contributed by atoms with Gasteiger partial charge >= 0.3 is 0 Å². The van der Waals surface area contributed by atoms with E-state index in [1.165, 1.54) is 56.5 Å². The Morgan fingerprint density at radius 1 is 0.441 bits per heavy atom. The SMILES string of the molecule is CC1C=CC=CC1.Cc1ccc(N(c2ccc(C3C=CC=CC3)cc2)c2ccc3c(c2)-c2ccccc2C3(c2ccccc2)c2ccccc2)cc1.Cc1ccccc1. The summed E-state index contributed by atoms with van der Waals surface area (Å²) in [7, 11) is 0. The zero-order valence-electron chi connectivity index (χ0n) is 34.5. The summed E-state index contributed by atoms with van der Waals surface area (Å²) in [4.78, 5) is 2.40. The van der Waals surface area contributed by atoms with Crippen LogP contribution >= 0.6 is 0 Å². The van der Waals surface area contributed by atoms with Crippen LogP contribution in [-0.2, 0) is 5.41 Å². The molecule has 59 heavy (non-hydrogen) atoms. The van der Waals surface area contributed by atoms with E-state index in [0.717, 1.165) is 29.4 Å². The highest BCUT2D eigenvalue weighted by Crippen LogP contribution is 2.57. The first kappa shape index (κ1) is 39.1. The van der Waals surface area contributed by atoms with Gasteiger partial charge in [0.1, 0.15) is 0 Å². The van der Waals surface area contributed by atoms with Crippen molar-refractivity contribution in [3.05, 3.63) is 270 Å². The number of benzene rings is 7. The molecule has 0 saturated heterocycles. The lowest BCUT2D eigenvalue weighted by atomic mass is 9.68. The van der Waals surface area contributed by atoms with Gasteiger partial charge in [0, 0.05) is 23.0 Å². The van der Waals surface area contributed by atoms with Crippen LogP contribution in [0.25, 0.3) is 11.1 Å². The van der Waals surface area contributed by atoms with Crippen molar-refractivity contribution in [1.29, 1.82) is 0 Å². The molecular weight excluding hydrogens is 711 g/mol. The molecule has 7 aromatic rings. The van der Waals surface area contributed by atoms with Gasteiger partial charge in [-0.2, -0.15) is 0 Å². The predicted molar refractivity (Wildman–Crippen MR) is 252 cm³/mol. The van der Waals surface area contributed by atoms with Crippen molar-refractivity contribution < 1.29 is 0 Å². The molecule has 3 aliphatic rings. The molecule has 10 rings (SSSR count). The summed E-state index contributed by atoms with van der Waals surface area (Å²) >= 11 is 0. The first-order valence-electron chi connectivity index (χ1n) is 21.0. The van der Waals surface area contributed by atoms with E-state index in [1.807, 2.05) is 18.2 Å². The lowest BCUT2D eigenvalue weighted by molar-refractivity contribution is 0.737. The van der Waals surface area contributed by atoms with Gasteiger partial charge in [-0.1, -0.05) is 212 Å². The van der Waals surface area contributed by atoms with Crippen molar-refractivity contribution in [3.63, 3.8) is 0 Å². The number of anilines is 3. The average molecular weight is 764 g/mol. The number of nitrogens with zero attached hydrogens (tertiary/aromatic N) is 1. The number of rotatable bonds is 6. The molecule has 0 spiro atoms. The fraction of sp³-hybridized carbons (Fsp3) is 0.138. The lowest BCUT2D eigenvalue weighted by Crippen LogP contribution is -2.28. The molecule has 0 aliphatic heterocycles. The van der Waals surface area contributed by atoms with Crippen molar-refractivity contribution in [2.75, 3.05) is 4.90 Å². The third-order valence-corrected chi connectivity index (χ3v) is 11.7. The summed E-state index contributed by atoms with van der Waals surface area (Å²) < 4.78 is 0. The van der Waals surface area contributed by atoms with Gasteiger partial charge in [0.05, 0.1) is 5.41 Å². The topological polar surface area (TPSA) is 3.24 Å². The minimum Gasteiger partial charge on any atom is -0.310 e. The normalized spacial score (nSPS) is 16.5. The van der Waals surface area contributed by atoms with E-state index in [9.17, 15) is 0 Å². The molecule has 2 unspecified atom stereocenters. The highest BCUT2D eigenvalue weighted by molar-refractivity contribution is 5.90. The monoisotopic (exact) mass is 763 g/mol. The average Bonchev–Trinajstić information content (AvgIpc) is 3.60. The minimum absolute atomic E-state index is 0.398. The Morgan fingerprint density at radius 2 is 0.949 bits per heavy atom. The Hall–Kier alpha value is -6.70. The van der Waals surface area contributed by atoms with Gasteiger partial charge in [0.2, 0.25) is 0 Å². The second-order valence-corrected chi connectivity index (χ2v) is 15.9. The second-order valence-electron chi connectivity index (χ2n) is 15.9. The van der Waals surface area contributed by atoms with Crippen LogP contribution in [0.2, 0.25) is 0 Å². The predicted octanol–water partition coefficient (Wildman–Crippen LogP) is 15.6. The summed E-state index contributed by atoms with van der Waals surface area (Å²) in [5.74, 6) is 1.20. The van der Waals surface area contributed by atoms with Crippen LogP contribution < -0.4 is 4.90 Å². The second kappa shape index (κ2) is 18.3. The molecule has 0 fully saturated rings. The van der Waals surface area contributed by atoms with Gasteiger partial charge in [-0.05, 0) is 108 Å². The maximum atomic E-state index is 2.41. The Kier molecular flexibility index (Phi) is 12.1. The van der Waals surface area contributed by atoms with Gasteiger partial charge in [-0.25, -0.2) is 0 Å². The fourth-order valence-corrected chi connectivity index (χ4v) is 8.65. The third kappa shape index (κ3) is 8.47. The first-order chi connectivity index (χ1) is 29.0. The van der Waals surface area contributed by atoms with E-state index in [2.05, 4.69) is 238 Å². The van der Waals surface area contributed by atoms with Crippen LogP contribution in [0, 0.1) is 19.8 Å². The minimum atomic E-state index is -0.398. The molecular formula is C58H53N. The number of aryl methyl sites for hydroxylation is 2. The van der Waals surface area contributed by atoms with E-state index in [0.29, 0.717) is 5.92 Å². The molecule has 0 aromatic heterocycles. The molecule has 0 amide bonds. The molecule has 0 saturated carbocycles. The number of hydrogen-bond donors (Lipinski definition) is 0. The number of allylic oxidation sites excluding steroid dienone is 8. The zero-order valence-corrected chi connectivity index (χ0v) is 34.5. The zero-order chi connectivity index (χ0) is 40.4. The molecule has 0 N–H and O–H groups in total. The van der Waals surface area contributed by atoms with Gasteiger partial charge in [0.15, 0.2) is 0 Å². The molecule has 1 nitrogen and oxygen atoms in total. The molecule has 7 aromatic carbocycles. The van der Waals surface area contributed by atoms with E-state index < -0.39 is 5.41 Å². The molecule has 0 radical (unpaired) electrons. The van der Waals surface area contributed by atoms with Crippen LogP contribution in [-0.4, -0.2) is 0 Å². The summed E-state index contributed by atoms with van der Waals surface area (Å²) in [5, 5.41) is 0. The van der Waals surface area contributed by atoms with Crippen LogP contribution in [0.3, 0.4) is 0 Å². The molecule has 1 heteroatoms. The van der Waals surface area contributed by atoms with E-state index in [4.69, 9.17) is 0 Å². The Morgan fingerprint density at radius 3 is 1.47 bits per heavy atom. The van der Waals surface area contributed by atoms with E-state index in [-0.39, 0.29) is 0 Å². The fourth-order valence-electron chi connectivity index (χ4n) is 8.65. The van der Waals surface area contributed by atoms with Crippen molar-refractivity contribution in [3.8, 4) is 11.1 Å². The summed E-state index contributed by atoms with van der Waals surface area (Å²) in [6, 6.07) is 66.4. The maximum absolute atomic E-state index is 2.41. The van der Waals surface area contributed by atoms with Crippen molar-refractivity contribution in [1.82, 2.24) is 0 Å². The van der Waals surface area contributed by atoms with Crippen molar-refractivity contribution in [2.45, 2.75) is 44.9 Å². The third-order valence-electron chi connectivity index (χ3n) is 11.7. The molecule has 0 heterocycles. The number of hydrogen-bond acceptors (Lipinski definition) is 1. The first-order valence-corrected chi connectivity index (χ1v) is 21.0. The molecule has 0 bridgehead atoms. The summed E-state index contributed by atoms with van der Waals surface area (Å²) in [6.45, 7) is 6.45. The molecule has 290 valence electrons. The quantitative estimate of drug-likeness (QED) is 0.163. The van der Waals surface area contributed by atoms with Gasteiger partial charge in [0.25, 0.3) is 0 Å². The smallest absolute Gasteiger partial charge is 0.0713 e. The standard InChI is InChI=1S/C44H35N.C7H10.C7H8/c1-32-21-25-37(26-22-32)45(38-27-23-34(24-28-38)33-13-5-2-6-14-33)39-29-30-43-41(31-39)40-19-11-12-20-42(40)44(43,35-15-7-3-8-16-35)36-17-9-4-10-18-36;2*1-7-5-3-2-4-6-7/h2-13,15-31,33H,14H2,1H3;2-5,7H,6H2,1H3;2-6H,1H3. The Bertz CT molecular complexity index is 2520. The van der Waals surface area contributed by atoms with Crippen LogP contribution in [0.1, 0.15) is 64.6 Å². The van der Waals surface area contributed by atoms with Gasteiger partial charge in [-0.15, -0.1) is 0 Å². The Labute approximate surface area is 352 Å². The van der Waals surface area contributed by atoms with Crippen LogP contribution in [0.15, 0.2) is 231 Å². The largest absolute Gasteiger partial charge is 0.310 e. The highest BCUT2D eigenvalue weighted by atomic mass is 15.1. The van der Waals surface area contributed by atoms with Gasteiger partial charge in [-0.3, -0.25) is 0 Å². The summed E-state index contributed by atoms with van der Waals surface area (Å²) in [5.41, 5.74) is 14.8. The van der Waals surface area contributed by atoms with Gasteiger partial charge < -0.3 is 4.90 Å². The molecule has 3 aliphatic carbocycles. The van der Waals surface area contributed by atoms with E-state index in [1.54, 1.807) is 0 Å². The van der Waals surface area contributed by atoms with Crippen molar-refractivity contribution in [2.24, 2.45) is 5.92 Å². The Balaban J connectivity index is 0.000000292. The highest BCUT2D eigenvalue weighted by Gasteiger charge is 2.46. The summed E-state index contributed by atoms with van der Waals surface area (Å²) in [6.07, 6.45) is 19.7. The lowest BCUT2D eigenvalue weighted by Gasteiger charge is -2.34. The van der Waals surface area contributed by atoms with E-state index >= 15 is 0 Å².